The highest BCUT2D eigenvalue weighted by Gasteiger charge is 2.11. The molecular weight excluding hydrogens is 459 g/mol. The third-order valence-electron chi connectivity index (χ3n) is 4.55. The molecule has 1 aromatic rings. The van der Waals surface area contributed by atoms with Crippen LogP contribution in [-0.4, -0.2) is 74.1 Å². The second-order valence-corrected chi connectivity index (χ2v) is 7.97. The van der Waals surface area contributed by atoms with Crippen LogP contribution in [0.15, 0.2) is 10.4 Å². The number of nitrogens with one attached hydrogen (secondary N) is 2. The first-order chi connectivity index (χ1) is 12.1. The van der Waals surface area contributed by atoms with E-state index < -0.39 is 0 Å². The molecule has 0 radical (unpaired) electrons. The highest BCUT2D eigenvalue weighted by atomic mass is 127. The fourth-order valence-corrected chi connectivity index (χ4v) is 3.78. The normalized spacial score (nSPS) is 17.0. The van der Waals surface area contributed by atoms with Crippen LogP contribution < -0.4 is 10.6 Å². The van der Waals surface area contributed by atoms with E-state index in [4.69, 9.17) is 0 Å². The first-order valence-electron chi connectivity index (χ1n) is 9.38. The summed E-state index contributed by atoms with van der Waals surface area (Å²) >= 11 is 1.71. The summed E-state index contributed by atoms with van der Waals surface area (Å²) in [7, 11) is 4.04. The molecule has 2 N–H and O–H groups in total. The van der Waals surface area contributed by atoms with E-state index in [1.807, 2.05) is 7.05 Å². The molecule has 0 atom stereocenters. The molecule has 0 spiro atoms. The molecule has 2 rings (SSSR count). The van der Waals surface area contributed by atoms with Crippen molar-refractivity contribution in [1.82, 2.24) is 25.4 Å². The number of aromatic nitrogens is 1. The van der Waals surface area contributed by atoms with Gasteiger partial charge >= 0.3 is 0 Å². The lowest BCUT2D eigenvalue weighted by molar-refractivity contribution is 0.274. The van der Waals surface area contributed by atoms with E-state index in [1.54, 1.807) is 11.3 Å². The van der Waals surface area contributed by atoms with Gasteiger partial charge in [-0.25, -0.2) is 4.98 Å². The van der Waals surface area contributed by atoms with Crippen LogP contribution in [0.4, 0.5) is 0 Å². The van der Waals surface area contributed by atoms with Crippen molar-refractivity contribution < 1.29 is 0 Å². The topological polar surface area (TPSA) is 55.8 Å². The maximum Gasteiger partial charge on any atom is 0.191 e. The molecule has 1 aliphatic rings. The summed E-state index contributed by atoms with van der Waals surface area (Å²) in [6.07, 6.45) is 2.42. The number of likely N-dealkylation sites (N-methyl/N-ethyl adjacent to an activating group) is 1. The first-order valence-corrected chi connectivity index (χ1v) is 10.3. The largest absolute Gasteiger partial charge is 0.356 e. The number of nitrogens with zero attached hydrogens (tertiary/aromatic N) is 4. The standard InChI is InChI=1S/C18H34N6S.HI/c1-15(2)16-14-25-17(22-16)13-21-18(19-3)20-7-5-9-24-10-6-8-23(4)11-12-24;/h14-15H,5-13H2,1-4H3,(H2,19,20,21);1H. The van der Waals surface area contributed by atoms with Crippen molar-refractivity contribution in [2.24, 2.45) is 4.99 Å². The number of hydrogen-bond donors (Lipinski definition) is 2. The molecule has 150 valence electrons. The molecule has 2 heterocycles. The lowest BCUT2D eigenvalue weighted by Gasteiger charge is -2.20. The number of halogens is 1. The Kier molecular flexibility index (Phi) is 11.7. The van der Waals surface area contributed by atoms with Gasteiger partial charge in [0.05, 0.1) is 12.2 Å². The minimum absolute atomic E-state index is 0. The Morgan fingerprint density at radius 3 is 2.77 bits per heavy atom. The highest BCUT2D eigenvalue weighted by molar-refractivity contribution is 14.0. The van der Waals surface area contributed by atoms with Crippen LogP contribution in [0.25, 0.3) is 0 Å². The number of aliphatic imine (C=N–C) groups is 1. The Labute approximate surface area is 179 Å². The van der Waals surface area contributed by atoms with Crippen molar-refractivity contribution >= 4 is 41.3 Å². The Balaban J connectivity index is 0.00000338. The van der Waals surface area contributed by atoms with Gasteiger partial charge in [-0.3, -0.25) is 4.99 Å². The Hall–Kier alpha value is -0.450. The second-order valence-electron chi connectivity index (χ2n) is 7.03. The van der Waals surface area contributed by atoms with Crippen LogP contribution in [0.5, 0.6) is 0 Å². The summed E-state index contributed by atoms with van der Waals surface area (Å²) in [4.78, 5) is 14.0. The van der Waals surface area contributed by atoms with E-state index in [0.29, 0.717) is 5.92 Å². The molecule has 1 aliphatic heterocycles. The van der Waals surface area contributed by atoms with Crippen molar-refractivity contribution in [3.63, 3.8) is 0 Å². The van der Waals surface area contributed by atoms with Crippen LogP contribution in [0, 0.1) is 0 Å². The van der Waals surface area contributed by atoms with Crippen molar-refractivity contribution in [1.29, 1.82) is 0 Å². The van der Waals surface area contributed by atoms with E-state index >= 15 is 0 Å². The van der Waals surface area contributed by atoms with Crippen molar-refractivity contribution in [2.75, 3.05) is 53.4 Å². The lowest BCUT2D eigenvalue weighted by Crippen LogP contribution is -2.38. The molecule has 8 heteroatoms. The van der Waals surface area contributed by atoms with E-state index in [-0.39, 0.29) is 24.0 Å². The average molecular weight is 494 g/mol. The molecule has 26 heavy (non-hydrogen) atoms. The first kappa shape index (κ1) is 23.6. The van der Waals surface area contributed by atoms with Gasteiger partial charge in [-0.05, 0) is 45.4 Å². The van der Waals surface area contributed by atoms with Gasteiger partial charge in [0.15, 0.2) is 5.96 Å². The van der Waals surface area contributed by atoms with Gasteiger partial charge in [-0.1, -0.05) is 13.8 Å². The Bertz CT molecular complexity index is 534. The minimum atomic E-state index is 0. The van der Waals surface area contributed by atoms with E-state index in [9.17, 15) is 0 Å². The molecule has 0 aromatic carbocycles. The summed E-state index contributed by atoms with van der Waals surface area (Å²) < 4.78 is 0. The van der Waals surface area contributed by atoms with Crippen molar-refractivity contribution in [3.8, 4) is 0 Å². The predicted octanol–water partition coefficient (Wildman–Crippen LogP) is 2.58. The molecule has 1 aromatic heterocycles. The number of hydrogen-bond acceptors (Lipinski definition) is 5. The van der Waals surface area contributed by atoms with E-state index in [2.05, 4.69) is 56.7 Å². The van der Waals surface area contributed by atoms with Crippen LogP contribution in [0.2, 0.25) is 0 Å². The van der Waals surface area contributed by atoms with Gasteiger partial charge in [-0.15, -0.1) is 35.3 Å². The maximum absolute atomic E-state index is 4.65. The molecule has 0 saturated carbocycles. The SMILES string of the molecule is CN=C(NCCCN1CCCN(C)CC1)NCc1nc(C(C)C)cs1.I. The monoisotopic (exact) mass is 494 g/mol. The van der Waals surface area contributed by atoms with E-state index in [1.165, 1.54) is 38.3 Å². The van der Waals surface area contributed by atoms with Gasteiger partial charge < -0.3 is 20.4 Å². The quantitative estimate of drug-likeness (QED) is 0.264. The van der Waals surface area contributed by atoms with Gasteiger partial charge in [0.1, 0.15) is 5.01 Å². The summed E-state index contributed by atoms with van der Waals surface area (Å²) in [5.74, 6) is 1.35. The predicted molar refractivity (Wildman–Crippen MR) is 123 cm³/mol. The van der Waals surface area contributed by atoms with Crippen LogP contribution >= 0.6 is 35.3 Å². The van der Waals surface area contributed by atoms with Crippen LogP contribution in [0.3, 0.4) is 0 Å². The maximum atomic E-state index is 4.65. The zero-order valence-corrected chi connectivity index (χ0v) is 19.8. The fraction of sp³-hybridized carbons (Fsp3) is 0.778. The lowest BCUT2D eigenvalue weighted by atomic mass is 10.2. The second kappa shape index (κ2) is 12.9. The summed E-state index contributed by atoms with van der Waals surface area (Å²) in [6.45, 7) is 12.0. The minimum Gasteiger partial charge on any atom is -0.356 e. The van der Waals surface area contributed by atoms with Gasteiger partial charge in [0, 0.05) is 32.1 Å². The smallest absolute Gasteiger partial charge is 0.191 e. The zero-order chi connectivity index (χ0) is 18.1. The summed E-state index contributed by atoms with van der Waals surface area (Å²) in [5.41, 5.74) is 1.17. The van der Waals surface area contributed by atoms with Gasteiger partial charge in [-0.2, -0.15) is 0 Å². The third kappa shape index (κ3) is 8.49. The average Bonchev–Trinajstić information content (AvgIpc) is 2.98. The summed E-state index contributed by atoms with van der Waals surface area (Å²) in [5, 5.41) is 10.0. The van der Waals surface area contributed by atoms with Crippen LogP contribution in [-0.2, 0) is 6.54 Å². The molecule has 0 amide bonds. The Morgan fingerprint density at radius 1 is 1.27 bits per heavy atom. The highest BCUT2D eigenvalue weighted by Crippen LogP contribution is 2.17. The molecule has 0 bridgehead atoms. The molecule has 0 unspecified atom stereocenters. The Morgan fingerprint density at radius 2 is 2.08 bits per heavy atom. The van der Waals surface area contributed by atoms with E-state index in [0.717, 1.165) is 37.0 Å². The van der Waals surface area contributed by atoms with Gasteiger partial charge in [0.25, 0.3) is 0 Å². The molecule has 6 nitrogen and oxygen atoms in total. The number of thiazole rings is 1. The summed E-state index contributed by atoms with van der Waals surface area (Å²) in [6, 6.07) is 0. The molecule has 1 fully saturated rings. The molecule has 1 saturated heterocycles. The molecule has 0 aliphatic carbocycles. The van der Waals surface area contributed by atoms with Crippen LogP contribution in [0.1, 0.15) is 43.3 Å². The fourth-order valence-electron chi connectivity index (χ4n) is 2.88. The van der Waals surface area contributed by atoms with Gasteiger partial charge in [0.2, 0.25) is 0 Å². The third-order valence-corrected chi connectivity index (χ3v) is 5.41. The number of guanidine groups is 1. The number of rotatable bonds is 7. The zero-order valence-electron chi connectivity index (χ0n) is 16.6. The molecular formula is C18H35IN6S. The van der Waals surface area contributed by atoms with Crippen molar-refractivity contribution in [3.05, 3.63) is 16.1 Å². The van der Waals surface area contributed by atoms with Crippen molar-refractivity contribution in [2.45, 2.75) is 39.2 Å².